The topological polar surface area (TPSA) is 0 Å². The highest BCUT2D eigenvalue weighted by Gasteiger charge is 2.18. The first-order chi connectivity index (χ1) is 5.02. The summed E-state index contributed by atoms with van der Waals surface area (Å²) in [7, 11) is 0. The summed E-state index contributed by atoms with van der Waals surface area (Å²) < 4.78 is 11.9. The van der Waals surface area contributed by atoms with Crippen molar-refractivity contribution in [1.82, 2.24) is 0 Å². The Kier molecular flexibility index (Phi) is 4.71. The van der Waals surface area contributed by atoms with E-state index in [9.17, 15) is 4.39 Å². The van der Waals surface area contributed by atoms with Crippen molar-refractivity contribution in [3.05, 3.63) is 0 Å². The van der Waals surface area contributed by atoms with Crippen molar-refractivity contribution in [2.75, 3.05) is 6.67 Å². The van der Waals surface area contributed by atoms with E-state index in [-0.39, 0.29) is 6.67 Å². The Morgan fingerprint density at radius 2 is 1.91 bits per heavy atom. The van der Waals surface area contributed by atoms with Crippen LogP contribution >= 0.6 is 0 Å². The predicted octanol–water partition coefficient (Wildman–Crippen LogP) is 3.81. The first-order valence-corrected chi connectivity index (χ1v) is 4.58. The third-order valence-corrected chi connectivity index (χ3v) is 2.46. The van der Waals surface area contributed by atoms with Crippen LogP contribution in [0.1, 0.15) is 47.0 Å². The standard InChI is InChI=1S/C10H21F/c1-5-10(3,4)8-9(2)6-7-11/h9H,5-8H2,1-4H3. The van der Waals surface area contributed by atoms with Gasteiger partial charge in [0.2, 0.25) is 0 Å². The van der Waals surface area contributed by atoms with Crippen LogP contribution in [-0.4, -0.2) is 6.67 Å². The van der Waals surface area contributed by atoms with Gasteiger partial charge in [0.05, 0.1) is 6.67 Å². The fourth-order valence-corrected chi connectivity index (χ4v) is 1.38. The maximum Gasteiger partial charge on any atom is 0.0897 e. The van der Waals surface area contributed by atoms with Gasteiger partial charge in [-0.25, -0.2) is 0 Å². The van der Waals surface area contributed by atoms with Gasteiger partial charge in [-0.1, -0.05) is 34.1 Å². The van der Waals surface area contributed by atoms with E-state index >= 15 is 0 Å². The Hall–Kier alpha value is -0.0700. The molecule has 0 aliphatic heterocycles. The van der Waals surface area contributed by atoms with Crippen LogP contribution in [0.25, 0.3) is 0 Å². The molecule has 68 valence electrons. The van der Waals surface area contributed by atoms with Crippen LogP contribution in [-0.2, 0) is 0 Å². The van der Waals surface area contributed by atoms with Gasteiger partial charge in [-0.3, -0.25) is 4.39 Å². The molecule has 1 heteroatoms. The molecule has 0 saturated carbocycles. The molecular formula is C10H21F. The molecule has 0 N–H and O–H groups in total. The van der Waals surface area contributed by atoms with E-state index in [1.54, 1.807) is 0 Å². The minimum Gasteiger partial charge on any atom is -0.251 e. The summed E-state index contributed by atoms with van der Waals surface area (Å²) in [5, 5.41) is 0. The minimum absolute atomic E-state index is 0.166. The SMILES string of the molecule is CCC(C)(C)CC(C)CCF. The highest BCUT2D eigenvalue weighted by atomic mass is 19.1. The van der Waals surface area contributed by atoms with Gasteiger partial charge in [0.15, 0.2) is 0 Å². The highest BCUT2D eigenvalue weighted by molar-refractivity contribution is 4.69. The molecular weight excluding hydrogens is 139 g/mol. The van der Waals surface area contributed by atoms with Crippen LogP contribution in [0, 0.1) is 11.3 Å². The lowest BCUT2D eigenvalue weighted by molar-refractivity contribution is 0.248. The maximum absolute atomic E-state index is 11.9. The van der Waals surface area contributed by atoms with Crippen molar-refractivity contribution in [1.29, 1.82) is 0 Å². The van der Waals surface area contributed by atoms with Crippen LogP contribution in [0.5, 0.6) is 0 Å². The van der Waals surface area contributed by atoms with E-state index in [1.807, 2.05) is 0 Å². The summed E-state index contributed by atoms with van der Waals surface area (Å²) in [5.41, 5.74) is 0.397. The molecule has 0 heterocycles. The Morgan fingerprint density at radius 3 is 2.27 bits per heavy atom. The average Bonchev–Trinajstić information content (AvgIpc) is 1.87. The van der Waals surface area contributed by atoms with Crippen LogP contribution in [0.2, 0.25) is 0 Å². The third kappa shape index (κ3) is 5.23. The molecule has 0 aromatic carbocycles. The molecule has 1 atom stereocenters. The van der Waals surface area contributed by atoms with E-state index < -0.39 is 0 Å². The number of hydrogen-bond donors (Lipinski definition) is 0. The van der Waals surface area contributed by atoms with E-state index in [4.69, 9.17) is 0 Å². The molecule has 0 nitrogen and oxygen atoms in total. The fourth-order valence-electron chi connectivity index (χ4n) is 1.38. The predicted molar refractivity (Wildman–Crippen MR) is 48.4 cm³/mol. The quantitative estimate of drug-likeness (QED) is 0.573. The van der Waals surface area contributed by atoms with Gasteiger partial charge < -0.3 is 0 Å². The summed E-state index contributed by atoms with van der Waals surface area (Å²) in [4.78, 5) is 0. The second-order valence-electron chi connectivity index (χ2n) is 4.30. The van der Waals surface area contributed by atoms with Gasteiger partial charge in [0.1, 0.15) is 0 Å². The molecule has 1 unspecified atom stereocenters. The summed E-state index contributed by atoms with van der Waals surface area (Å²) in [6, 6.07) is 0. The van der Waals surface area contributed by atoms with Crippen LogP contribution in [0.4, 0.5) is 4.39 Å². The third-order valence-electron chi connectivity index (χ3n) is 2.46. The van der Waals surface area contributed by atoms with Crippen LogP contribution < -0.4 is 0 Å². The second kappa shape index (κ2) is 4.74. The van der Waals surface area contributed by atoms with E-state index in [2.05, 4.69) is 27.7 Å². The van der Waals surface area contributed by atoms with Crippen molar-refractivity contribution >= 4 is 0 Å². The lowest BCUT2D eigenvalue weighted by atomic mass is 9.80. The monoisotopic (exact) mass is 160 g/mol. The molecule has 0 bridgehead atoms. The molecule has 11 heavy (non-hydrogen) atoms. The Labute approximate surface area is 70.2 Å². The molecule has 0 aliphatic rings. The van der Waals surface area contributed by atoms with E-state index in [0.29, 0.717) is 11.3 Å². The van der Waals surface area contributed by atoms with Gasteiger partial charge in [0.25, 0.3) is 0 Å². The Bertz CT molecular complexity index is 97.0. The van der Waals surface area contributed by atoms with Gasteiger partial charge >= 0.3 is 0 Å². The Balaban J connectivity index is 3.64. The largest absolute Gasteiger partial charge is 0.251 e. The van der Waals surface area contributed by atoms with E-state index in [0.717, 1.165) is 12.8 Å². The Morgan fingerprint density at radius 1 is 1.36 bits per heavy atom. The molecule has 0 aliphatic carbocycles. The maximum atomic E-state index is 11.9. The smallest absolute Gasteiger partial charge is 0.0897 e. The molecule has 0 radical (unpaired) electrons. The van der Waals surface area contributed by atoms with Crippen molar-refractivity contribution in [3.63, 3.8) is 0 Å². The van der Waals surface area contributed by atoms with Gasteiger partial charge in [-0.15, -0.1) is 0 Å². The summed E-state index contributed by atoms with van der Waals surface area (Å²) in [5.74, 6) is 0.537. The zero-order chi connectivity index (χ0) is 8.91. The van der Waals surface area contributed by atoms with E-state index in [1.165, 1.54) is 6.42 Å². The molecule has 0 rings (SSSR count). The number of alkyl halides is 1. The lowest BCUT2D eigenvalue weighted by Crippen LogP contribution is -2.14. The molecule has 0 amide bonds. The molecule has 0 aromatic heterocycles. The molecule has 0 spiro atoms. The van der Waals surface area contributed by atoms with Crippen molar-refractivity contribution in [2.24, 2.45) is 11.3 Å². The zero-order valence-corrected chi connectivity index (χ0v) is 8.28. The van der Waals surface area contributed by atoms with Crippen molar-refractivity contribution < 1.29 is 4.39 Å². The average molecular weight is 160 g/mol. The molecule has 0 fully saturated rings. The van der Waals surface area contributed by atoms with Crippen LogP contribution in [0.15, 0.2) is 0 Å². The van der Waals surface area contributed by atoms with Crippen molar-refractivity contribution in [3.8, 4) is 0 Å². The molecule has 0 saturated heterocycles. The van der Waals surface area contributed by atoms with Gasteiger partial charge in [-0.05, 0) is 24.2 Å². The number of halogens is 1. The zero-order valence-electron chi connectivity index (χ0n) is 8.28. The van der Waals surface area contributed by atoms with Gasteiger partial charge in [0, 0.05) is 0 Å². The highest BCUT2D eigenvalue weighted by Crippen LogP contribution is 2.29. The summed E-state index contributed by atoms with van der Waals surface area (Å²) >= 11 is 0. The number of rotatable bonds is 5. The summed E-state index contributed by atoms with van der Waals surface area (Å²) in [6.45, 7) is 8.67. The fraction of sp³-hybridized carbons (Fsp3) is 1.00. The normalized spacial score (nSPS) is 15.0. The second-order valence-corrected chi connectivity index (χ2v) is 4.30. The minimum atomic E-state index is -0.166. The first kappa shape index (κ1) is 10.9. The summed E-state index contributed by atoms with van der Waals surface area (Å²) in [6.07, 6.45) is 3.06. The van der Waals surface area contributed by atoms with Gasteiger partial charge in [-0.2, -0.15) is 0 Å². The molecule has 0 aromatic rings. The lowest BCUT2D eigenvalue weighted by Gasteiger charge is -2.25. The van der Waals surface area contributed by atoms with Crippen LogP contribution in [0.3, 0.4) is 0 Å². The number of hydrogen-bond acceptors (Lipinski definition) is 0. The van der Waals surface area contributed by atoms with Crippen molar-refractivity contribution in [2.45, 2.75) is 47.0 Å². The first-order valence-electron chi connectivity index (χ1n) is 4.58.